The van der Waals surface area contributed by atoms with Crippen molar-refractivity contribution in [3.05, 3.63) is 29.6 Å². The average molecular weight is 234 g/mol. The van der Waals surface area contributed by atoms with Crippen molar-refractivity contribution in [3.63, 3.8) is 0 Å². The van der Waals surface area contributed by atoms with Crippen LogP contribution < -0.4 is 0 Å². The van der Waals surface area contributed by atoms with E-state index in [0.29, 0.717) is 5.69 Å². The Labute approximate surface area is 104 Å². The molecule has 1 amide bonds. The third-order valence-electron chi connectivity index (χ3n) is 3.02. The van der Waals surface area contributed by atoms with Gasteiger partial charge in [0.05, 0.1) is 0 Å². The van der Waals surface area contributed by atoms with Gasteiger partial charge in [-0.3, -0.25) is 9.78 Å². The molecule has 0 bridgehead atoms. The quantitative estimate of drug-likeness (QED) is 0.802. The van der Waals surface area contributed by atoms with Crippen LogP contribution >= 0.6 is 0 Å². The molecule has 0 spiro atoms. The maximum absolute atomic E-state index is 12.1. The molecule has 0 saturated carbocycles. The largest absolute Gasteiger partial charge is 0.343 e. The summed E-state index contributed by atoms with van der Waals surface area (Å²) in [4.78, 5) is 17.9. The van der Waals surface area contributed by atoms with Crippen LogP contribution in [0.1, 0.15) is 49.7 Å². The fourth-order valence-electron chi connectivity index (χ4n) is 2.09. The SMILES string of the molecule is CCCC(C)(C)c1cccnc1C(=O)N(C)C. The lowest BCUT2D eigenvalue weighted by Crippen LogP contribution is -2.28. The molecule has 94 valence electrons. The first-order valence-electron chi connectivity index (χ1n) is 6.07. The zero-order valence-corrected chi connectivity index (χ0v) is 11.4. The summed E-state index contributed by atoms with van der Waals surface area (Å²) in [5, 5.41) is 0. The summed E-state index contributed by atoms with van der Waals surface area (Å²) in [6.07, 6.45) is 3.83. The summed E-state index contributed by atoms with van der Waals surface area (Å²) in [5.74, 6) is -0.0234. The van der Waals surface area contributed by atoms with Crippen LogP contribution in [-0.4, -0.2) is 29.9 Å². The second kappa shape index (κ2) is 5.30. The predicted molar refractivity (Wildman–Crippen MR) is 70.2 cm³/mol. The fraction of sp³-hybridized carbons (Fsp3) is 0.571. The van der Waals surface area contributed by atoms with Crippen LogP contribution in [0.2, 0.25) is 0 Å². The smallest absolute Gasteiger partial charge is 0.272 e. The van der Waals surface area contributed by atoms with E-state index >= 15 is 0 Å². The van der Waals surface area contributed by atoms with Gasteiger partial charge in [0.1, 0.15) is 5.69 Å². The van der Waals surface area contributed by atoms with Crippen LogP contribution in [0.4, 0.5) is 0 Å². The van der Waals surface area contributed by atoms with E-state index in [1.165, 1.54) is 0 Å². The maximum atomic E-state index is 12.1. The molecule has 1 aromatic heterocycles. The molecule has 3 nitrogen and oxygen atoms in total. The number of aromatic nitrogens is 1. The molecular formula is C14H22N2O. The normalized spacial score (nSPS) is 11.4. The number of rotatable bonds is 4. The van der Waals surface area contributed by atoms with E-state index in [9.17, 15) is 4.79 Å². The molecule has 3 heteroatoms. The third-order valence-corrected chi connectivity index (χ3v) is 3.02. The fourth-order valence-corrected chi connectivity index (χ4v) is 2.09. The van der Waals surface area contributed by atoms with Gasteiger partial charge in [0.2, 0.25) is 0 Å². The minimum atomic E-state index is -0.0234. The first-order chi connectivity index (χ1) is 7.90. The summed E-state index contributed by atoms with van der Waals surface area (Å²) < 4.78 is 0. The Hall–Kier alpha value is -1.38. The van der Waals surface area contributed by atoms with E-state index in [1.807, 2.05) is 12.1 Å². The summed E-state index contributed by atoms with van der Waals surface area (Å²) >= 11 is 0. The molecule has 0 N–H and O–H groups in total. The van der Waals surface area contributed by atoms with Crippen molar-refractivity contribution in [2.24, 2.45) is 0 Å². The lowest BCUT2D eigenvalue weighted by molar-refractivity contribution is 0.0819. The molecule has 1 rings (SSSR count). The van der Waals surface area contributed by atoms with E-state index in [2.05, 4.69) is 25.8 Å². The first-order valence-corrected chi connectivity index (χ1v) is 6.07. The number of carbonyl (C=O) groups is 1. The van der Waals surface area contributed by atoms with Gasteiger partial charge in [-0.25, -0.2) is 0 Å². The zero-order chi connectivity index (χ0) is 13.1. The highest BCUT2D eigenvalue weighted by molar-refractivity contribution is 5.93. The summed E-state index contributed by atoms with van der Waals surface area (Å²) in [5.41, 5.74) is 1.61. The minimum absolute atomic E-state index is 0.00991. The molecule has 0 fully saturated rings. The Morgan fingerprint density at radius 1 is 1.41 bits per heavy atom. The van der Waals surface area contributed by atoms with Crippen molar-refractivity contribution in [1.82, 2.24) is 9.88 Å². The highest BCUT2D eigenvalue weighted by atomic mass is 16.2. The molecule has 0 unspecified atom stereocenters. The lowest BCUT2D eigenvalue weighted by atomic mass is 9.79. The van der Waals surface area contributed by atoms with Crippen LogP contribution in [0.25, 0.3) is 0 Å². The van der Waals surface area contributed by atoms with Gasteiger partial charge >= 0.3 is 0 Å². The van der Waals surface area contributed by atoms with Gasteiger partial charge in [-0.15, -0.1) is 0 Å². The second-order valence-corrected chi connectivity index (χ2v) is 5.23. The number of carbonyl (C=O) groups excluding carboxylic acids is 1. The maximum Gasteiger partial charge on any atom is 0.272 e. The van der Waals surface area contributed by atoms with Crippen molar-refractivity contribution >= 4 is 5.91 Å². The average Bonchev–Trinajstić information content (AvgIpc) is 2.28. The lowest BCUT2D eigenvalue weighted by Gasteiger charge is -2.27. The minimum Gasteiger partial charge on any atom is -0.343 e. The summed E-state index contributed by atoms with van der Waals surface area (Å²) in [7, 11) is 3.52. The van der Waals surface area contributed by atoms with E-state index < -0.39 is 0 Å². The van der Waals surface area contributed by atoms with Gasteiger partial charge in [0, 0.05) is 20.3 Å². The highest BCUT2D eigenvalue weighted by Gasteiger charge is 2.26. The van der Waals surface area contributed by atoms with Crippen molar-refractivity contribution < 1.29 is 4.79 Å². The first kappa shape index (κ1) is 13.7. The molecule has 0 aromatic carbocycles. The standard InChI is InChI=1S/C14H22N2O/c1-6-9-14(2,3)11-8-7-10-15-12(11)13(17)16(4)5/h7-8,10H,6,9H2,1-5H3. The summed E-state index contributed by atoms with van der Waals surface area (Å²) in [6, 6.07) is 3.92. The monoisotopic (exact) mass is 234 g/mol. The van der Waals surface area contributed by atoms with E-state index in [4.69, 9.17) is 0 Å². The highest BCUT2D eigenvalue weighted by Crippen LogP contribution is 2.30. The Bertz CT molecular complexity index is 397. The summed E-state index contributed by atoms with van der Waals surface area (Å²) in [6.45, 7) is 6.49. The number of pyridine rings is 1. The molecule has 0 aliphatic rings. The zero-order valence-electron chi connectivity index (χ0n) is 11.4. The van der Waals surface area contributed by atoms with Crippen molar-refractivity contribution in [2.75, 3.05) is 14.1 Å². The number of amides is 1. The molecule has 0 radical (unpaired) electrons. The third kappa shape index (κ3) is 3.05. The molecule has 0 aliphatic heterocycles. The van der Waals surface area contributed by atoms with Crippen molar-refractivity contribution in [3.8, 4) is 0 Å². The molecule has 0 aliphatic carbocycles. The van der Waals surface area contributed by atoms with Crippen molar-refractivity contribution in [2.45, 2.75) is 39.0 Å². The van der Waals surface area contributed by atoms with E-state index in [-0.39, 0.29) is 11.3 Å². The van der Waals surface area contributed by atoms with Crippen LogP contribution in [0.15, 0.2) is 18.3 Å². The molecule has 1 heterocycles. The van der Waals surface area contributed by atoms with Crippen molar-refractivity contribution in [1.29, 1.82) is 0 Å². The molecule has 0 atom stereocenters. The van der Waals surface area contributed by atoms with E-state index in [1.54, 1.807) is 25.2 Å². The topological polar surface area (TPSA) is 33.2 Å². The molecular weight excluding hydrogens is 212 g/mol. The molecule has 1 aromatic rings. The van der Waals surface area contributed by atoms with Gasteiger partial charge in [0.25, 0.3) is 5.91 Å². The van der Waals surface area contributed by atoms with Gasteiger partial charge in [-0.1, -0.05) is 33.3 Å². The van der Waals surface area contributed by atoms with Crippen LogP contribution in [0.5, 0.6) is 0 Å². The Balaban J connectivity index is 3.21. The van der Waals surface area contributed by atoms with Crippen LogP contribution in [-0.2, 0) is 5.41 Å². The van der Waals surface area contributed by atoms with Gasteiger partial charge in [-0.05, 0) is 23.5 Å². The number of hydrogen-bond donors (Lipinski definition) is 0. The molecule has 0 saturated heterocycles. The predicted octanol–water partition coefficient (Wildman–Crippen LogP) is 2.86. The van der Waals surface area contributed by atoms with Gasteiger partial charge < -0.3 is 4.90 Å². The Morgan fingerprint density at radius 2 is 2.06 bits per heavy atom. The van der Waals surface area contributed by atoms with Crippen LogP contribution in [0.3, 0.4) is 0 Å². The van der Waals surface area contributed by atoms with Gasteiger partial charge in [-0.2, -0.15) is 0 Å². The van der Waals surface area contributed by atoms with Gasteiger partial charge in [0.15, 0.2) is 0 Å². The van der Waals surface area contributed by atoms with Crippen LogP contribution in [0, 0.1) is 0 Å². The Morgan fingerprint density at radius 3 is 2.59 bits per heavy atom. The Kier molecular flexibility index (Phi) is 4.27. The second-order valence-electron chi connectivity index (χ2n) is 5.23. The molecule has 17 heavy (non-hydrogen) atoms. The van der Waals surface area contributed by atoms with E-state index in [0.717, 1.165) is 18.4 Å². The number of nitrogens with zero attached hydrogens (tertiary/aromatic N) is 2. The number of hydrogen-bond acceptors (Lipinski definition) is 2.